The standard InChI is InChI=1S/C21H22N6O/c28-19(14-26-11-8-22-9-12-26)23-13-15-18-7-3-4-10-27(18)21-20(15)24-16-5-1-2-6-17(16)25-21/h1-7,10,22H,8-9,11-14H2,(H,23,28). The molecule has 7 heteroatoms. The summed E-state index contributed by atoms with van der Waals surface area (Å²) < 4.78 is 2.05. The van der Waals surface area contributed by atoms with Crippen molar-refractivity contribution < 1.29 is 4.79 Å². The number of aromatic nitrogens is 3. The molecule has 0 aliphatic carbocycles. The number of amides is 1. The Bertz CT molecular complexity index is 1160. The van der Waals surface area contributed by atoms with Gasteiger partial charge < -0.3 is 10.6 Å². The minimum Gasteiger partial charge on any atom is -0.351 e. The lowest BCUT2D eigenvalue weighted by molar-refractivity contribution is -0.122. The summed E-state index contributed by atoms with van der Waals surface area (Å²) >= 11 is 0. The Hall–Kier alpha value is -3.03. The van der Waals surface area contributed by atoms with Gasteiger partial charge in [-0.1, -0.05) is 18.2 Å². The van der Waals surface area contributed by atoms with E-state index in [1.807, 2.05) is 53.1 Å². The molecule has 0 spiro atoms. The molecule has 2 N–H and O–H groups in total. The second-order valence-electron chi connectivity index (χ2n) is 7.12. The van der Waals surface area contributed by atoms with Crippen LogP contribution in [0.15, 0.2) is 48.7 Å². The maximum Gasteiger partial charge on any atom is 0.234 e. The zero-order valence-corrected chi connectivity index (χ0v) is 15.6. The van der Waals surface area contributed by atoms with Crippen molar-refractivity contribution in [1.29, 1.82) is 0 Å². The first kappa shape index (κ1) is 17.1. The van der Waals surface area contributed by atoms with Crippen LogP contribution >= 0.6 is 0 Å². The van der Waals surface area contributed by atoms with Crippen LogP contribution in [-0.4, -0.2) is 57.9 Å². The lowest BCUT2D eigenvalue weighted by Crippen LogP contribution is -2.47. The number of piperazine rings is 1. The summed E-state index contributed by atoms with van der Waals surface area (Å²) in [5.74, 6) is 0.0408. The van der Waals surface area contributed by atoms with Crippen LogP contribution in [-0.2, 0) is 11.3 Å². The Morgan fingerprint density at radius 3 is 2.61 bits per heavy atom. The Kier molecular flexibility index (Phi) is 4.38. The van der Waals surface area contributed by atoms with Crippen LogP contribution in [0.1, 0.15) is 5.56 Å². The van der Waals surface area contributed by atoms with Crippen molar-refractivity contribution in [1.82, 2.24) is 29.9 Å². The fourth-order valence-corrected chi connectivity index (χ4v) is 3.85. The number of carbonyl (C=O) groups is 1. The average Bonchev–Trinajstić information content (AvgIpc) is 3.04. The van der Waals surface area contributed by atoms with Gasteiger partial charge in [-0.15, -0.1) is 0 Å². The first-order valence-electron chi connectivity index (χ1n) is 9.64. The van der Waals surface area contributed by atoms with Crippen molar-refractivity contribution in [2.24, 2.45) is 0 Å². The number of benzene rings is 1. The Balaban J connectivity index is 1.48. The number of rotatable bonds is 4. The van der Waals surface area contributed by atoms with E-state index in [1.165, 1.54) is 0 Å². The molecule has 1 aliphatic rings. The van der Waals surface area contributed by atoms with Crippen LogP contribution in [0.2, 0.25) is 0 Å². The van der Waals surface area contributed by atoms with Crippen molar-refractivity contribution in [3.63, 3.8) is 0 Å². The number of hydrogen-bond donors (Lipinski definition) is 2. The molecule has 1 fully saturated rings. The quantitative estimate of drug-likeness (QED) is 0.567. The van der Waals surface area contributed by atoms with E-state index >= 15 is 0 Å². The second-order valence-corrected chi connectivity index (χ2v) is 7.12. The number of para-hydroxylation sites is 2. The van der Waals surface area contributed by atoms with Gasteiger partial charge in [-0.05, 0) is 24.3 Å². The molecule has 1 saturated heterocycles. The molecule has 1 aliphatic heterocycles. The second kappa shape index (κ2) is 7.18. The minimum atomic E-state index is 0.0408. The molecule has 4 heterocycles. The van der Waals surface area contributed by atoms with Crippen molar-refractivity contribution in [2.45, 2.75) is 6.54 Å². The molecule has 1 aromatic carbocycles. The van der Waals surface area contributed by atoms with Gasteiger partial charge in [0, 0.05) is 44.5 Å². The van der Waals surface area contributed by atoms with Crippen LogP contribution in [0.5, 0.6) is 0 Å². The number of carbonyl (C=O) groups excluding carboxylic acids is 1. The third-order valence-electron chi connectivity index (χ3n) is 5.27. The predicted molar refractivity (Wildman–Crippen MR) is 109 cm³/mol. The van der Waals surface area contributed by atoms with Crippen LogP contribution in [0.25, 0.3) is 27.7 Å². The lowest BCUT2D eigenvalue weighted by Gasteiger charge is -2.26. The molecule has 0 unspecified atom stereocenters. The predicted octanol–water partition coefficient (Wildman–Crippen LogP) is 1.56. The molecule has 0 radical (unpaired) electrons. The van der Waals surface area contributed by atoms with Gasteiger partial charge in [0.15, 0.2) is 5.65 Å². The first-order valence-corrected chi connectivity index (χ1v) is 9.64. The fourth-order valence-electron chi connectivity index (χ4n) is 3.85. The summed E-state index contributed by atoms with van der Waals surface area (Å²) in [6, 6.07) is 13.9. The molecule has 7 nitrogen and oxygen atoms in total. The molecular weight excluding hydrogens is 352 g/mol. The van der Waals surface area contributed by atoms with Gasteiger partial charge in [0.2, 0.25) is 5.91 Å². The van der Waals surface area contributed by atoms with Crippen LogP contribution in [0.4, 0.5) is 0 Å². The summed E-state index contributed by atoms with van der Waals surface area (Å²) in [6.45, 7) is 4.55. The molecule has 0 bridgehead atoms. The highest BCUT2D eigenvalue weighted by Crippen LogP contribution is 2.26. The summed E-state index contributed by atoms with van der Waals surface area (Å²) in [5, 5.41) is 6.39. The van der Waals surface area contributed by atoms with E-state index in [0.29, 0.717) is 13.1 Å². The van der Waals surface area contributed by atoms with E-state index < -0.39 is 0 Å². The monoisotopic (exact) mass is 374 g/mol. The maximum atomic E-state index is 12.5. The van der Waals surface area contributed by atoms with Crippen molar-refractivity contribution in [3.05, 3.63) is 54.2 Å². The van der Waals surface area contributed by atoms with E-state index in [1.54, 1.807) is 0 Å². The van der Waals surface area contributed by atoms with E-state index in [9.17, 15) is 4.79 Å². The van der Waals surface area contributed by atoms with Gasteiger partial charge in [0.1, 0.15) is 5.52 Å². The number of fused-ring (bicyclic) bond motifs is 4. The van der Waals surface area contributed by atoms with E-state index in [4.69, 9.17) is 9.97 Å². The first-order chi connectivity index (χ1) is 13.8. The molecule has 0 atom stereocenters. The molecule has 4 aromatic rings. The molecule has 0 saturated carbocycles. The minimum absolute atomic E-state index is 0.0408. The van der Waals surface area contributed by atoms with E-state index in [-0.39, 0.29) is 5.91 Å². The highest BCUT2D eigenvalue weighted by atomic mass is 16.2. The van der Waals surface area contributed by atoms with E-state index in [0.717, 1.165) is 59.5 Å². The third-order valence-corrected chi connectivity index (χ3v) is 5.27. The van der Waals surface area contributed by atoms with E-state index in [2.05, 4.69) is 15.5 Å². The molecule has 5 rings (SSSR count). The van der Waals surface area contributed by atoms with Crippen molar-refractivity contribution in [2.75, 3.05) is 32.7 Å². The van der Waals surface area contributed by atoms with Gasteiger partial charge >= 0.3 is 0 Å². The Morgan fingerprint density at radius 2 is 1.79 bits per heavy atom. The summed E-state index contributed by atoms with van der Waals surface area (Å²) in [5.41, 5.74) is 5.41. The van der Waals surface area contributed by atoms with Crippen molar-refractivity contribution >= 4 is 33.6 Å². The Morgan fingerprint density at radius 1 is 1.04 bits per heavy atom. The fraction of sp³-hybridized carbons (Fsp3) is 0.286. The van der Waals surface area contributed by atoms with Gasteiger partial charge in [0.05, 0.1) is 23.1 Å². The highest BCUT2D eigenvalue weighted by Gasteiger charge is 2.17. The van der Waals surface area contributed by atoms with Gasteiger partial charge in [-0.3, -0.25) is 14.1 Å². The maximum absolute atomic E-state index is 12.5. The smallest absolute Gasteiger partial charge is 0.234 e. The SMILES string of the molecule is O=C(CN1CCNCC1)NCc1c2nc3ccccc3nc2n2ccccc12. The normalized spacial score (nSPS) is 15.4. The highest BCUT2D eigenvalue weighted by molar-refractivity contribution is 5.92. The Labute approximate surface area is 162 Å². The number of pyridine rings is 1. The van der Waals surface area contributed by atoms with Gasteiger partial charge in [-0.25, -0.2) is 9.97 Å². The van der Waals surface area contributed by atoms with Crippen molar-refractivity contribution in [3.8, 4) is 0 Å². The topological polar surface area (TPSA) is 74.6 Å². The number of nitrogens with zero attached hydrogens (tertiary/aromatic N) is 4. The van der Waals surface area contributed by atoms with Gasteiger partial charge in [-0.2, -0.15) is 0 Å². The molecule has 3 aromatic heterocycles. The molecule has 142 valence electrons. The zero-order chi connectivity index (χ0) is 18.9. The zero-order valence-electron chi connectivity index (χ0n) is 15.6. The summed E-state index contributed by atoms with van der Waals surface area (Å²) in [7, 11) is 0. The van der Waals surface area contributed by atoms with Crippen LogP contribution < -0.4 is 10.6 Å². The third kappa shape index (κ3) is 3.08. The summed E-state index contributed by atoms with van der Waals surface area (Å²) in [4.78, 5) is 24.3. The summed E-state index contributed by atoms with van der Waals surface area (Å²) in [6.07, 6.45) is 1.99. The number of hydrogen-bond acceptors (Lipinski definition) is 5. The average molecular weight is 374 g/mol. The van der Waals surface area contributed by atoms with Crippen LogP contribution in [0.3, 0.4) is 0 Å². The number of nitrogens with one attached hydrogen (secondary N) is 2. The molecule has 1 amide bonds. The van der Waals surface area contributed by atoms with Crippen LogP contribution in [0, 0.1) is 0 Å². The largest absolute Gasteiger partial charge is 0.351 e. The molecular formula is C21H22N6O. The molecule has 28 heavy (non-hydrogen) atoms. The lowest BCUT2D eigenvalue weighted by atomic mass is 10.2. The van der Waals surface area contributed by atoms with Gasteiger partial charge in [0.25, 0.3) is 0 Å².